The highest BCUT2D eigenvalue weighted by Crippen LogP contribution is 2.36. The van der Waals surface area contributed by atoms with Crippen molar-refractivity contribution in [2.45, 2.75) is 33.3 Å². The van der Waals surface area contributed by atoms with E-state index in [4.69, 9.17) is 21.1 Å². The molecule has 0 spiro atoms. The molecule has 3 rings (SSSR count). The maximum Gasteiger partial charge on any atom is 0.420 e. The molecule has 2 aromatic heterocycles. The summed E-state index contributed by atoms with van der Waals surface area (Å²) < 4.78 is 27.1. The smallest absolute Gasteiger partial charge is 0.420 e. The van der Waals surface area contributed by atoms with E-state index in [2.05, 4.69) is 25.9 Å². The number of ether oxygens (including phenoxy) is 2. The van der Waals surface area contributed by atoms with Crippen molar-refractivity contribution in [1.82, 2.24) is 14.5 Å². The number of esters is 1. The number of carbonyl (C=O) groups is 2. The molecule has 0 bridgehead atoms. The molecule has 0 aliphatic rings. The number of pyridine rings is 1. The second-order valence-electron chi connectivity index (χ2n) is 7.64. The van der Waals surface area contributed by atoms with E-state index in [0.29, 0.717) is 10.2 Å². The van der Waals surface area contributed by atoms with E-state index < -0.39 is 23.5 Å². The molecule has 0 saturated heterocycles. The molecule has 3 aromatic rings. The Morgan fingerprint density at radius 3 is 2.50 bits per heavy atom. The number of carbonyl (C=O) groups excluding carboxylic acids is 2. The zero-order valence-corrected chi connectivity index (χ0v) is 20.1. The van der Waals surface area contributed by atoms with E-state index in [0.717, 1.165) is 4.57 Å². The van der Waals surface area contributed by atoms with Crippen LogP contribution in [0.3, 0.4) is 0 Å². The molecular weight excluding hydrogens is 505 g/mol. The fourth-order valence-corrected chi connectivity index (χ4v) is 3.39. The lowest BCUT2D eigenvalue weighted by molar-refractivity contribution is 0.0521. The van der Waals surface area contributed by atoms with Crippen molar-refractivity contribution < 1.29 is 23.5 Å². The Kier molecular flexibility index (Phi) is 7.00. The monoisotopic (exact) mass is 523 g/mol. The molecule has 0 aliphatic heterocycles. The first kappa shape index (κ1) is 23.9. The van der Waals surface area contributed by atoms with E-state index in [1.165, 1.54) is 24.4 Å². The standard InChI is InChI=1S/C22H20BrClFN3O4/c1-5-31-20(29)17-18(12-9-10-15(23)26-11-12)28(21(30)32-22(2,3)4)19(27-17)16-13(24)7-6-8-14(16)25/h6-11H,5H2,1-4H3. The van der Waals surface area contributed by atoms with Crippen molar-refractivity contribution in [1.29, 1.82) is 0 Å². The molecular formula is C22H20BrClFN3O4. The summed E-state index contributed by atoms with van der Waals surface area (Å²) in [4.78, 5) is 34.5. The zero-order chi connectivity index (χ0) is 23.6. The summed E-state index contributed by atoms with van der Waals surface area (Å²) in [5.74, 6) is -1.70. The Balaban J connectivity index is 2.41. The van der Waals surface area contributed by atoms with Crippen LogP contribution in [0.5, 0.6) is 0 Å². The summed E-state index contributed by atoms with van der Waals surface area (Å²) in [5, 5.41) is 0.00991. The van der Waals surface area contributed by atoms with Crippen LogP contribution in [0.4, 0.5) is 9.18 Å². The van der Waals surface area contributed by atoms with Gasteiger partial charge in [-0.15, -0.1) is 0 Å². The molecule has 32 heavy (non-hydrogen) atoms. The van der Waals surface area contributed by atoms with E-state index in [1.807, 2.05) is 0 Å². The Bertz CT molecular complexity index is 1150. The molecule has 0 unspecified atom stereocenters. The SMILES string of the molecule is CCOC(=O)c1nc(-c2c(F)cccc2Cl)n(C(=O)OC(C)(C)C)c1-c1ccc(Br)nc1. The highest BCUT2D eigenvalue weighted by Gasteiger charge is 2.33. The van der Waals surface area contributed by atoms with Gasteiger partial charge in [0, 0.05) is 11.8 Å². The maximum atomic E-state index is 14.8. The van der Waals surface area contributed by atoms with Gasteiger partial charge in [0.05, 0.1) is 22.9 Å². The van der Waals surface area contributed by atoms with Crippen LogP contribution in [-0.2, 0) is 9.47 Å². The van der Waals surface area contributed by atoms with Crippen LogP contribution in [-0.4, -0.2) is 38.8 Å². The number of benzene rings is 1. The number of aromatic nitrogens is 3. The van der Waals surface area contributed by atoms with Crippen LogP contribution in [0.2, 0.25) is 5.02 Å². The zero-order valence-electron chi connectivity index (χ0n) is 17.8. The number of nitrogens with zero attached hydrogens (tertiary/aromatic N) is 3. The van der Waals surface area contributed by atoms with Crippen LogP contribution in [0.15, 0.2) is 41.1 Å². The molecule has 0 radical (unpaired) electrons. The van der Waals surface area contributed by atoms with E-state index in [-0.39, 0.29) is 34.4 Å². The molecule has 0 saturated carbocycles. The first-order valence-electron chi connectivity index (χ1n) is 9.63. The lowest BCUT2D eigenvalue weighted by Crippen LogP contribution is -2.28. The van der Waals surface area contributed by atoms with Crippen LogP contribution in [0, 0.1) is 5.82 Å². The van der Waals surface area contributed by atoms with Crippen LogP contribution in [0.25, 0.3) is 22.6 Å². The summed E-state index contributed by atoms with van der Waals surface area (Å²) in [7, 11) is 0. The summed E-state index contributed by atoms with van der Waals surface area (Å²) in [6.07, 6.45) is 0.574. The van der Waals surface area contributed by atoms with Gasteiger partial charge in [-0.25, -0.2) is 28.5 Å². The first-order chi connectivity index (χ1) is 15.0. The largest absolute Gasteiger partial charge is 0.461 e. The van der Waals surface area contributed by atoms with Gasteiger partial charge in [-0.2, -0.15) is 0 Å². The summed E-state index contributed by atoms with van der Waals surface area (Å²) in [5.41, 5.74) is -0.810. The molecule has 1 aromatic carbocycles. The molecule has 0 amide bonds. The second kappa shape index (κ2) is 9.38. The van der Waals surface area contributed by atoms with Gasteiger partial charge in [0.2, 0.25) is 0 Å². The lowest BCUT2D eigenvalue weighted by atomic mass is 10.1. The Morgan fingerprint density at radius 2 is 1.94 bits per heavy atom. The number of rotatable bonds is 4. The van der Waals surface area contributed by atoms with Crippen molar-refractivity contribution >= 4 is 39.6 Å². The average Bonchev–Trinajstić information content (AvgIpc) is 3.08. The van der Waals surface area contributed by atoms with Crippen molar-refractivity contribution in [3.63, 3.8) is 0 Å². The van der Waals surface area contributed by atoms with Gasteiger partial charge in [0.1, 0.15) is 16.0 Å². The van der Waals surface area contributed by atoms with Crippen LogP contribution >= 0.6 is 27.5 Å². The quantitative estimate of drug-likeness (QED) is 0.302. The molecule has 0 fully saturated rings. The van der Waals surface area contributed by atoms with E-state index >= 15 is 0 Å². The van der Waals surface area contributed by atoms with Gasteiger partial charge in [0.15, 0.2) is 11.5 Å². The second-order valence-corrected chi connectivity index (χ2v) is 8.85. The molecule has 10 heteroatoms. The minimum Gasteiger partial charge on any atom is -0.461 e. The summed E-state index contributed by atoms with van der Waals surface area (Å²) >= 11 is 9.52. The van der Waals surface area contributed by atoms with Gasteiger partial charge >= 0.3 is 12.1 Å². The van der Waals surface area contributed by atoms with Gasteiger partial charge in [-0.05, 0) is 67.9 Å². The average molecular weight is 525 g/mol. The molecule has 0 atom stereocenters. The normalized spacial score (nSPS) is 11.3. The van der Waals surface area contributed by atoms with Crippen LogP contribution in [0.1, 0.15) is 38.2 Å². The molecule has 0 N–H and O–H groups in total. The third kappa shape index (κ3) is 4.99. The van der Waals surface area contributed by atoms with Gasteiger partial charge in [-0.1, -0.05) is 17.7 Å². The van der Waals surface area contributed by atoms with Gasteiger partial charge in [0.25, 0.3) is 0 Å². The number of hydrogen-bond acceptors (Lipinski definition) is 6. The predicted octanol–water partition coefficient (Wildman–Crippen LogP) is 6.13. The van der Waals surface area contributed by atoms with E-state index in [9.17, 15) is 14.0 Å². The highest BCUT2D eigenvalue weighted by atomic mass is 79.9. The minimum absolute atomic E-state index is 0.00991. The molecule has 7 nitrogen and oxygen atoms in total. The molecule has 0 aliphatic carbocycles. The molecule has 2 heterocycles. The fraction of sp³-hybridized carbons (Fsp3) is 0.273. The van der Waals surface area contributed by atoms with Crippen molar-refractivity contribution in [2.75, 3.05) is 6.61 Å². The summed E-state index contributed by atoms with van der Waals surface area (Å²) in [6, 6.07) is 7.32. The van der Waals surface area contributed by atoms with Gasteiger partial charge < -0.3 is 9.47 Å². The third-order valence-corrected chi connectivity index (χ3v) is 4.89. The molecule has 168 valence electrons. The van der Waals surface area contributed by atoms with Gasteiger partial charge in [-0.3, -0.25) is 0 Å². The van der Waals surface area contributed by atoms with Crippen molar-refractivity contribution in [3.05, 3.63) is 57.7 Å². The highest BCUT2D eigenvalue weighted by molar-refractivity contribution is 9.10. The predicted molar refractivity (Wildman–Crippen MR) is 121 cm³/mol. The van der Waals surface area contributed by atoms with Crippen LogP contribution < -0.4 is 0 Å². The van der Waals surface area contributed by atoms with E-state index in [1.54, 1.807) is 39.8 Å². The van der Waals surface area contributed by atoms with Crippen molar-refractivity contribution in [3.8, 4) is 22.6 Å². The number of halogens is 3. The topological polar surface area (TPSA) is 83.3 Å². The minimum atomic E-state index is -0.878. The Labute approximate surface area is 197 Å². The third-order valence-electron chi connectivity index (χ3n) is 4.11. The Hall–Kier alpha value is -2.78. The number of hydrogen-bond donors (Lipinski definition) is 0. The first-order valence-corrected chi connectivity index (χ1v) is 10.8. The Morgan fingerprint density at radius 1 is 1.22 bits per heavy atom. The number of imidazole rings is 1. The fourth-order valence-electron chi connectivity index (χ4n) is 2.91. The summed E-state index contributed by atoms with van der Waals surface area (Å²) in [6.45, 7) is 6.77. The lowest BCUT2D eigenvalue weighted by Gasteiger charge is -2.21. The maximum absolute atomic E-state index is 14.8. The van der Waals surface area contributed by atoms with Crippen molar-refractivity contribution in [2.24, 2.45) is 0 Å².